The quantitative estimate of drug-likeness (QED) is 0.337. The monoisotopic (exact) mass is 617 g/mol. The number of nitrogens with zero attached hydrogens (tertiary/aromatic N) is 3. The molecule has 3 aliphatic rings. The Morgan fingerprint density at radius 1 is 1.11 bits per heavy atom. The van der Waals surface area contributed by atoms with Gasteiger partial charge in [0.15, 0.2) is 0 Å². The molecule has 1 amide bonds. The van der Waals surface area contributed by atoms with Crippen molar-refractivity contribution in [1.82, 2.24) is 9.80 Å². The minimum atomic E-state index is -1.66. The maximum absolute atomic E-state index is 16.9. The SMILES string of the molecule is CC[C@@](O)(c1cc(F)c2c(c1)C(=O)N(Cc1ccc(C#N)cc1)C2(OC1CC(O)C1)c1ccc(Cl)cc1)C1CCN(C)CC1. The molecule has 2 N–H and O–H groups in total. The van der Waals surface area contributed by atoms with Crippen LogP contribution in [-0.2, 0) is 22.6 Å². The van der Waals surface area contributed by atoms with E-state index in [2.05, 4.69) is 18.0 Å². The van der Waals surface area contributed by atoms with E-state index in [-0.39, 0.29) is 23.6 Å². The first-order valence-electron chi connectivity index (χ1n) is 15.3. The van der Waals surface area contributed by atoms with Crippen molar-refractivity contribution < 1.29 is 24.1 Å². The number of aliphatic hydroxyl groups excluding tert-OH is 1. The highest BCUT2D eigenvalue weighted by Gasteiger charge is 2.57. The largest absolute Gasteiger partial charge is 0.393 e. The van der Waals surface area contributed by atoms with Crippen molar-refractivity contribution in [2.75, 3.05) is 20.1 Å². The van der Waals surface area contributed by atoms with E-state index in [1.165, 1.54) is 11.0 Å². The van der Waals surface area contributed by atoms with E-state index in [0.29, 0.717) is 41.0 Å². The number of amides is 1. The molecule has 0 spiro atoms. The summed E-state index contributed by atoms with van der Waals surface area (Å²) in [7, 11) is 2.05. The lowest BCUT2D eigenvalue weighted by Crippen LogP contribution is -2.51. The van der Waals surface area contributed by atoms with Gasteiger partial charge in [0.05, 0.1) is 40.6 Å². The minimum absolute atomic E-state index is 0.0684. The summed E-state index contributed by atoms with van der Waals surface area (Å²) in [5, 5.41) is 32.0. The standard InChI is InChI=1S/C35H37ClFN3O4/c1-3-34(43,24-12-14-39(2)15-13-24)26-16-30-32(31(37)17-26)35(44-29-18-28(41)19-29,25-8-10-27(36)11-9-25)40(33(30)42)21-23-6-4-22(20-38)5-7-23/h4-11,16-17,24,28-29,41,43H,3,12-15,18-19,21H2,1-2H3/t28?,29?,34-,35?/m0/s1. The van der Waals surface area contributed by atoms with Crippen molar-refractivity contribution in [3.8, 4) is 6.07 Å². The van der Waals surface area contributed by atoms with Crippen molar-refractivity contribution in [2.45, 2.75) is 69.1 Å². The molecule has 9 heteroatoms. The van der Waals surface area contributed by atoms with Crippen LogP contribution in [0.1, 0.15) is 77.2 Å². The van der Waals surface area contributed by atoms with Gasteiger partial charge in [-0.25, -0.2) is 4.39 Å². The smallest absolute Gasteiger partial charge is 0.257 e. The van der Waals surface area contributed by atoms with Crippen LogP contribution in [0.5, 0.6) is 0 Å². The van der Waals surface area contributed by atoms with Crippen LogP contribution >= 0.6 is 11.6 Å². The van der Waals surface area contributed by atoms with Crippen molar-refractivity contribution in [1.29, 1.82) is 5.26 Å². The molecule has 1 saturated carbocycles. The highest BCUT2D eigenvalue weighted by atomic mass is 35.5. The molecule has 7 nitrogen and oxygen atoms in total. The van der Waals surface area contributed by atoms with E-state index in [1.807, 2.05) is 6.92 Å². The topological polar surface area (TPSA) is 97.0 Å². The summed E-state index contributed by atoms with van der Waals surface area (Å²) in [4.78, 5) is 18.3. The molecule has 2 aliphatic heterocycles. The minimum Gasteiger partial charge on any atom is -0.393 e. The van der Waals surface area contributed by atoms with E-state index in [1.54, 1.807) is 54.6 Å². The summed E-state index contributed by atoms with van der Waals surface area (Å²) in [5.41, 5.74) is -0.598. The number of rotatable bonds is 8. The number of nitriles is 1. The second-order valence-electron chi connectivity index (χ2n) is 12.5. The highest BCUT2D eigenvalue weighted by Crippen LogP contribution is 2.51. The first kappa shape index (κ1) is 30.7. The molecule has 1 unspecified atom stereocenters. The Balaban J connectivity index is 1.53. The van der Waals surface area contributed by atoms with Crippen LogP contribution in [0, 0.1) is 23.1 Å². The maximum Gasteiger partial charge on any atom is 0.257 e. The summed E-state index contributed by atoms with van der Waals surface area (Å²) < 4.78 is 23.6. The van der Waals surface area contributed by atoms with Crippen LogP contribution in [0.4, 0.5) is 4.39 Å². The number of fused-ring (bicyclic) bond motifs is 1. The lowest BCUT2D eigenvalue weighted by atomic mass is 9.73. The predicted octanol–water partition coefficient (Wildman–Crippen LogP) is 5.69. The third kappa shape index (κ3) is 5.21. The number of carbonyl (C=O) groups is 1. The summed E-state index contributed by atoms with van der Waals surface area (Å²) in [6.07, 6.45) is 1.66. The van der Waals surface area contributed by atoms with Crippen LogP contribution in [-0.4, -0.2) is 58.3 Å². The molecule has 230 valence electrons. The molecule has 3 aromatic rings. The molecule has 44 heavy (non-hydrogen) atoms. The first-order chi connectivity index (χ1) is 21.1. The molecule has 2 atom stereocenters. The van der Waals surface area contributed by atoms with Crippen molar-refractivity contribution >= 4 is 17.5 Å². The Morgan fingerprint density at radius 2 is 1.77 bits per heavy atom. The second-order valence-corrected chi connectivity index (χ2v) is 12.9. The fourth-order valence-corrected chi connectivity index (χ4v) is 7.23. The Labute approximate surface area is 262 Å². The third-order valence-corrected chi connectivity index (χ3v) is 10.0. The van der Waals surface area contributed by atoms with Gasteiger partial charge < -0.3 is 19.8 Å². The number of hydrogen-bond donors (Lipinski definition) is 2. The number of halogens is 2. The van der Waals surface area contributed by atoms with Gasteiger partial charge in [-0.3, -0.25) is 9.69 Å². The molecule has 0 aromatic heterocycles. The Bertz CT molecular complexity index is 1580. The van der Waals surface area contributed by atoms with E-state index in [0.717, 1.165) is 31.5 Å². The summed E-state index contributed by atoms with van der Waals surface area (Å²) in [5.74, 6) is -1.15. The highest BCUT2D eigenvalue weighted by molar-refractivity contribution is 6.30. The van der Waals surface area contributed by atoms with Gasteiger partial charge >= 0.3 is 0 Å². The second kappa shape index (κ2) is 11.9. The van der Waals surface area contributed by atoms with E-state index < -0.39 is 35.3 Å². The Hall–Kier alpha value is -3.32. The van der Waals surface area contributed by atoms with Crippen LogP contribution in [0.3, 0.4) is 0 Å². The fourth-order valence-electron chi connectivity index (χ4n) is 7.10. The zero-order valence-electron chi connectivity index (χ0n) is 25.0. The molecular formula is C35H37ClFN3O4. The number of ether oxygens (including phenoxy) is 1. The van der Waals surface area contributed by atoms with Gasteiger partial charge in [0.1, 0.15) is 5.82 Å². The maximum atomic E-state index is 16.9. The molecule has 2 heterocycles. The van der Waals surface area contributed by atoms with Crippen molar-refractivity contribution in [3.05, 3.63) is 105 Å². The molecule has 6 rings (SSSR count). The number of aliphatic hydroxyl groups is 2. The number of likely N-dealkylation sites (tertiary alicyclic amines) is 1. The average Bonchev–Trinajstić information content (AvgIpc) is 3.24. The lowest BCUT2D eigenvalue weighted by Gasteiger charge is -2.45. The van der Waals surface area contributed by atoms with Crippen molar-refractivity contribution in [2.24, 2.45) is 5.92 Å². The molecule has 0 radical (unpaired) electrons. The number of hydrogen-bond acceptors (Lipinski definition) is 6. The van der Waals surface area contributed by atoms with Crippen molar-refractivity contribution in [3.63, 3.8) is 0 Å². The van der Waals surface area contributed by atoms with E-state index in [9.17, 15) is 20.3 Å². The van der Waals surface area contributed by atoms with Gasteiger partial charge in [-0.15, -0.1) is 0 Å². The Morgan fingerprint density at radius 3 is 2.36 bits per heavy atom. The Kier molecular flexibility index (Phi) is 8.29. The van der Waals surface area contributed by atoms with Gasteiger partial charge in [0.25, 0.3) is 5.91 Å². The molecule has 2 fully saturated rings. The van der Waals surface area contributed by atoms with Gasteiger partial charge in [-0.05, 0) is 106 Å². The van der Waals surface area contributed by atoms with E-state index in [4.69, 9.17) is 16.3 Å². The van der Waals surface area contributed by atoms with Gasteiger partial charge in [-0.1, -0.05) is 42.8 Å². The average molecular weight is 618 g/mol. The summed E-state index contributed by atoms with van der Waals surface area (Å²) >= 11 is 6.27. The van der Waals surface area contributed by atoms with Gasteiger partial charge in [0, 0.05) is 17.1 Å². The zero-order valence-corrected chi connectivity index (χ0v) is 25.7. The molecule has 1 saturated heterocycles. The number of carbonyl (C=O) groups excluding carboxylic acids is 1. The van der Waals surface area contributed by atoms with E-state index >= 15 is 4.39 Å². The molecular weight excluding hydrogens is 581 g/mol. The zero-order chi connectivity index (χ0) is 31.2. The van der Waals surface area contributed by atoms with Crippen LogP contribution < -0.4 is 0 Å². The number of benzene rings is 3. The molecule has 3 aromatic carbocycles. The summed E-state index contributed by atoms with van der Waals surface area (Å²) in [6, 6.07) is 18.9. The van der Waals surface area contributed by atoms with Gasteiger partial charge in [0.2, 0.25) is 5.72 Å². The molecule has 0 bridgehead atoms. The van der Waals surface area contributed by atoms with Crippen LogP contribution in [0.2, 0.25) is 5.02 Å². The first-order valence-corrected chi connectivity index (χ1v) is 15.6. The third-order valence-electron chi connectivity index (χ3n) is 9.78. The summed E-state index contributed by atoms with van der Waals surface area (Å²) in [6.45, 7) is 3.63. The van der Waals surface area contributed by atoms with Crippen LogP contribution in [0.15, 0.2) is 60.7 Å². The normalized spacial score (nSPS) is 25.3. The predicted molar refractivity (Wildman–Crippen MR) is 164 cm³/mol. The number of piperidine rings is 1. The van der Waals surface area contributed by atoms with Gasteiger partial charge in [-0.2, -0.15) is 5.26 Å². The fraction of sp³-hybridized carbons (Fsp3) is 0.429. The molecule has 1 aliphatic carbocycles. The van der Waals surface area contributed by atoms with Crippen LogP contribution in [0.25, 0.3) is 0 Å². The lowest BCUT2D eigenvalue weighted by molar-refractivity contribution is -0.190.